The fourth-order valence-electron chi connectivity index (χ4n) is 3.50. The summed E-state index contributed by atoms with van der Waals surface area (Å²) < 4.78 is 5.85. The quantitative estimate of drug-likeness (QED) is 0.921. The first-order valence-electron chi connectivity index (χ1n) is 7.49. The van der Waals surface area contributed by atoms with Gasteiger partial charge in [0.25, 0.3) is 0 Å². The Morgan fingerprint density at radius 2 is 2.30 bits per heavy atom. The molecule has 4 heteroatoms. The Kier molecular flexibility index (Phi) is 3.74. The zero-order chi connectivity index (χ0) is 14.0. The molecule has 0 aromatic carbocycles. The summed E-state index contributed by atoms with van der Waals surface area (Å²) in [6.07, 6.45) is 10.2. The van der Waals surface area contributed by atoms with Gasteiger partial charge in [-0.25, -0.2) is 0 Å². The number of carbonyl (C=O) groups is 1. The number of hydrogen-bond donors (Lipinski definition) is 1. The van der Waals surface area contributed by atoms with Gasteiger partial charge < -0.3 is 10.1 Å². The normalized spacial score (nSPS) is 24.1. The molecular weight excluding hydrogens is 252 g/mol. The molecule has 1 aromatic heterocycles. The third kappa shape index (κ3) is 2.85. The number of aryl methyl sites for hydroxylation is 1. The van der Waals surface area contributed by atoms with Crippen LogP contribution in [0.1, 0.15) is 44.1 Å². The van der Waals surface area contributed by atoms with Crippen molar-refractivity contribution in [3.8, 4) is 0 Å². The van der Waals surface area contributed by atoms with E-state index in [1.165, 1.54) is 25.7 Å². The van der Waals surface area contributed by atoms with Crippen molar-refractivity contribution in [3.63, 3.8) is 0 Å². The topological polar surface area (TPSA) is 51.2 Å². The second-order valence-electron chi connectivity index (χ2n) is 6.29. The van der Waals surface area contributed by atoms with Crippen molar-refractivity contribution in [3.05, 3.63) is 24.0 Å². The van der Waals surface area contributed by atoms with E-state index in [-0.39, 0.29) is 12.0 Å². The number of rotatable bonds is 3. The van der Waals surface area contributed by atoms with Gasteiger partial charge in [-0.3, -0.25) is 9.78 Å². The average molecular weight is 274 g/mol. The maximum Gasteiger partial charge on any atom is 0.227 e. The van der Waals surface area contributed by atoms with Crippen LogP contribution < -0.4 is 5.32 Å². The van der Waals surface area contributed by atoms with Gasteiger partial charge in [-0.1, -0.05) is 12.8 Å². The predicted molar refractivity (Wildman–Crippen MR) is 77.5 cm³/mol. The molecule has 1 N–H and O–H groups in total. The van der Waals surface area contributed by atoms with Crippen LogP contribution in [0.4, 0.5) is 5.69 Å². The predicted octanol–water partition coefficient (Wildman–Crippen LogP) is 3.07. The number of nitrogens with zero attached hydrogens (tertiary/aromatic N) is 1. The van der Waals surface area contributed by atoms with E-state index in [1.807, 2.05) is 13.0 Å². The highest BCUT2D eigenvalue weighted by Gasteiger charge is 2.42. The first-order valence-corrected chi connectivity index (χ1v) is 7.49. The Morgan fingerprint density at radius 3 is 3.05 bits per heavy atom. The molecule has 2 heterocycles. The number of nitrogens with one attached hydrogen (secondary N) is 1. The lowest BCUT2D eigenvalue weighted by Crippen LogP contribution is -2.21. The van der Waals surface area contributed by atoms with Gasteiger partial charge in [-0.05, 0) is 43.2 Å². The second kappa shape index (κ2) is 5.52. The van der Waals surface area contributed by atoms with Gasteiger partial charge in [0, 0.05) is 6.20 Å². The minimum atomic E-state index is 0.0288. The lowest BCUT2D eigenvalue weighted by Gasteiger charge is -2.19. The number of amides is 1. The van der Waals surface area contributed by atoms with Crippen molar-refractivity contribution in [2.24, 2.45) is 5.41 Å². The van der Waals surface area contributed by atoms with Gasteiger partial charge in [0.1, 0.15) is 0 Å². The second-order valence-corrected chi connectivity index (χ2v) is 6.29. The van der Waals surface area contributed by atoms with Gasteiger partial charge in [0.05, 0.1) is 31.0 Å². The maximum absolute atomic E-state index is 12.1. The van der Waals surface area contributed by atoms with Crippen molar-refractivity contribution >= 4 is 11.6 Å². The summed E-state index contributed by atoms with van der Waals surface area (Å²) in [4.78, 5) is 16.1. The Hall–Kier alpha value is -1.42. The van der Waals surface area contributed by atoms with Crippen molar-refractivity contribution < 1.29 is 9.53 Å². The van der Waals surface area contributed by atoms with Crippen LogP contribution >= 0.6 is 0 Å². The third-order valence-corrected chi connectivity index (χ3v) is 4.68. The molecule has 1 aliphatic heterocycles. The smallest absolute Gasteiger partial charge is 0.227 e. The summed E-state index contributed by atoms with van der Waals surface area (Å²) in [5.74, 6) is 0.0288. The summed E-state index contributed by atoms with van der Waals surface area (Å²) in [5, 5.41) is 2.93. The maximum atomic E-state index is 12.1. The van der Waals surface area contributed by atoms with E-state index in [9.17, 15) is 4.79 Å². The van der Waals surface area contributed by atoms with Crippen molar-refractivity contribution in [1.82, 2.24) is 4.98 Å². The first-order chi connectivity index (χ1) is 9.67. The lowest BCUT2D eigenvalue weighted by molar-refractivity contribution is -0.118. The van der Waals surface area contributed by atoms with E-state index in [0.29, 0.717) is 11.8 Å². The molecule has 1 aliphatic carbocycles. The molecule has 1 spiro atoms. The number of ether oxygens (including phenoxy) is 1. The number of aromatic nitrogens is 1. The van der Waals surface area contributed by atoms with E-state index >= 15 is 0 Å². The fourth-order valence-corrected chi connectivity index (χ4v) is 3.50. The Morgan fingerprint density at radius 1 is 1.50 bits per heavy atom. The number of hydrogen-bond acceptors (Lipinski definition) is 3. The Balaban J connectivity index is 1.54. The third-order valence-electron chi connectivity index (χ3n) is 4.68. The summed E-state index contributed by atoms with van der Waals surface area (Å²) in [5.41, 5.74) is 2.22. The van der Waals surface area contributed by atoms with Gasteiger partial charge >= 0.3 is 0 Å². The fraction of sp³-hybridized carbons (Fsp3) is 0.625. The van der Waals surface area contributed by atoms with Crippen LogP contribution in [0.3, 0.4) is 0 Å². The van der Waals surface area contributed by atoms with Gasteiger partial charge in [-0.15, -0.1) is 0 Å². The van der Waals surface area contributed by atoms with Crippen molar-refractivity contribution in [1.29, 1.82) is 0 Å². The highest BCUT2D eigenvalue weighted by Crippen LogP contribution is 2.47. The van der Waals surface area contributed by atoms with E-state index in [0.717, 1.165) is 24.3 Å². The zero-order valence-corrected chi connectivity index (χ0v) is 12.0. The minimum absolute atomic E-state index is 0.0288. The van der Waals surface area contributed by atoms with Crippen LogP contribution in [-0.4, -0.2) is 23.6 Å². The molecule has 1 saturated carbocycles. The largest absolute Gasteiger partial charge is 0.377 e. The number of pyridine rings is 1. The van der Waals surface area contributed by atoms with E-state index in [1.54, 1.807) is 12.4 Å². The van der Waals surface area contributed by atoms with Crippen LogP contribution in [0.5, 0.6) is 0 Å². The van der Waals surface area contributed by atoms with Gasteiger partial charge in [0.15, 0.2) is 0 Å². The molecule has 4 nitrogen and oxygen atoms in total. The molecule has 0 bridgehead atoms. The summed E-state index contributed by atoms with van der Waals surface area (Å²) in [6, 6.07) is 1.90. The molecular formula is C16H22N2O2. The molecule has 2 fully saturated rings. The lowest BCUT2D eigenvalue weighted by atomic mass is 9.83. The molecule has 1 saturated heterocycles. The van der Waals surface area contributed by atoms with Crippen LogP contribution in [0.25, 0.3) is 0 Å². The molecule has 2 aliphatic rings. The van der Waals surface area contributed by atoms with Crippen LogP contribution in [-0.2, 0) is 9.53 Å². The summed E-state index contributed by atoms with van der Waals surface area (Å²) in [7, 11) is 0. The van der Waals surface area contributed by atoms with Gasteiger partial charge in [-0.2, -0.15) is 0 Å². The SMILES string of the molecule is Cc1ccncc1NC(=O)CC1CC2(CCCC2)CO1. The van der Waals surface area contributed by atoms with E-state index in [2.05, 4.69) is 10.3 Å². The van der Waals surface area contributed by atoms with E-state index < -0.39 is 0 Å². The van der Waals surface area contributed by atoms with Crippen LogP contribution in [0, 0.1) is 12.3 Å². The molecule has 20 heavy (non-hydrogen) atoms. The minimum Gasteiger partial charge on any atom is -0.377 e. The molecule has 108 valence electrons. The summed E-state index contributed by atoms with van der Waals surface area (Å²) in [6.45, 7) is 2.81. The van der Waals surface area contributed by atoms with Crippen LogP contribution in [0.2, 0.25) is 0 Å². The highest BCUT2D eigenvalue weighted by atomic mass is 16.5. The number of carbonyl (C=O) groups excluding carboxylic acids is 1. The average Bonchev–Trinajstić information content (AvgIpc) is 3.03. The van der Waals surface area contributed by atoms with Crippen molar-refractivity contribution in [2.45, 2.75) is 51.6 Å². The first kappa shape index (κ1) is 13.6. The Bertz CT molecular complexity index is 495. The summed E-state index contributed by atoms with van der Waals surface area (Å²) >= 11 is 0. The monoisotopic (exact) mass is 274 g/mol. The Labute approximate surface area is 119 Å². The number of anilines is 1. The zero-order valence-electron chi connectivity index (χ0n) is 12.0. The highest BCUT2D eigenvalue weighted by molar-refractivity contribution is 5.91. The molecule has 1 amide bonds. The molecule has 1 atom stereocenters. The van der Waals surface area contributed by atoms with E-state index in [4.69, 9.17) is 4.74 Å². The van der Waals surface area contributed by atoms with Crippen LogP contribution in [0.15, 0.2) is 18.5 Å². The van der Waals surface area contributed by atoms with Crippen molar-refractivity contribution in [2.75, 3.05) is 11.9 Å². The molecule has 3 rings (SSSR count). The molecule has 1 unspecified atom stereocenters. The standard InChI is InChI=1S/C16H22N2O2/c1-12-4-7-17-10-14(12)18-15(19)8-13-9-16(11-20-13)5-2-3-6-16/h4,7,10,13H,2-3,5-6,8-9,11H2,1H3,(H,18,19). The molecule has 1 aromatic rings. The molecule has 0 radical (unpaired) electrons. The van der Waals surface area contributed by atoms with Gasteiger partial charge in [0.2, 0.25) is 5.91 Å².